The zero-order valence-corrected chi connectivity index (χ0v) is 16.4. The summed E-state index contributed by atoms with van der Waals surface area (Å²) in [6, 6.07) is 11.7. The highest BCUT2D eigenvalue weighted by molar-refractivity contribution is 7.10. The van der Waals surface area contributed by atoms with Crippen molar-refractivity contribution < 1.29 is 14.3 Å². The molecular formula is C21H26N2O3S. The van der Waals surface area contributed by atoms with E-state index < -0.39 is 0 Å². The first kappa shape index (κ1) is 19.4. The Morgan fingerprint density at radius 3 is 2.56 bits per heavy atom. The SMILES string of the molecule is Cc1ccccc1OCC(=O)NCC(=O)NCC1(c2cccs2)CCCC1. The molecule has 1 aliphatic rings. The van der Waals surface area contributed by atoms with Crippen LogP contribution in [-0.2, 0) is 15.0 Å². The zero-order chi connectivity index (χ0) is 19.1. The average molecular weight is 387 g/mol. The molecule has 1 saturated carbocycles. The minimum absolute atomic E-state index is 0.0313. The molecule has 1 heterocycles. The number of nitrogens with one attached hydrogen (secondary N) is 2. The van der Waals surface area contributed by atoms with Crippen molar-refractivity contribution >= 4 is 23.2 Å². The number of thiophene rings is 1. The molecule has 0 radical (unpaired) electrons. The fourth-order valence-corrected chi connectivity index (χ4v) is 4.55. The van der Waals surface area contributed by atoms with Crippen LogP contribution in [0.15, 0.2) is 41.8 Å². The van der Waals surface area contributed by atoms with Gasteiger partial charge >= 0.3 is 0 Å². The maximum absolute atomic E-state index is 12.2. The molecule has 2 N–H and O–H groups in total. The molecule has 27 heavy (non-hydrogen) atoms. The summed E-state index contributed by atoms with van der Waals surface area (Å²) in [7, 11) is 0. The molecule has 2 aromatic rings. The molecule has 5 nitrogen and oxygen atoms in total. The average Bonchev–Trinajstić information content (AvgIpc) is 3.36. The molecule has 0 spiro atoms. The monoisotopic (exact) mass is 386 g/mol. The van der Waals surface area contributed by atoms with E-state index in [1.165, 1.54) is 17.7 Å². The summed E-state index contributed by atoms with van der Waals surface area (Å²) in [5.74, 6) is 0.209. The number of ether oxygens (including phenoxy) is 1. The Labute approximate surface area is 164 Å². The highest BCUT2D eigenvalue weighted by Crippen LogP contribution is 2.42. The maximum Gasteiger partial charge on any atom is 0.258 e. The number of benzene rings is 1. The lowest BCUT2D eigenvalue weighted by Crippen LogP contribution is -2.44. The Balaban J connectivity index is 1.41. The number of rotatable bonds is 8. The van der Waals surface area contributed by atoms with Crippen LogP contribution in [0.4, 0.5) is 0 Å². The van der Waals surface area contributed by atoms with Gasteiger partial charge in [-0.05, 0) is 42.8 Å². The van der Waals surface area contributed by atoms with Crippen molar-refractivity contribution in [1.29, 1.82) is 0 Å². The number of carbonyl (C=O) groups excluding carboxylic acids is 2. The third-order valence-corrected chi connectivity index (χ3v) is 6.24. The van der Waals surface area contributed by atoms with E-state index in [1.54, 1.807) is 11.3 Å². The lowest BCUT2D eigenvalue weighted by atomic mass is 9.84. The zero-order valence-electron chi connectivity index (χ0n) is 15.6. The van der Waals surface area contributed by atoms with Gasteiger partial charge in [-0.15, -0.1) is 11.3 Å². The molecule has 0 saturated heterocycles. The molecule has 1 fully saturated rings. The lowest BCUT2D eigenvalue weighted by Gasteiger charge is -2.28. The summed E-state index contributed by atoms with van der Waals surface area (Å²) in [4.78, 5) is 25.5. The van der Waals surface area contributed by atoms with Gasteiger partial charge in [0.1, 0.15) is 5.75 Å². The van der Waals surface area contributed by atoms with Crippen molar-refractivity contribution in [3.63, 3.8) is 0 Å². The van der Waals surface area contributed by atoms with Crippen LogP contribution < -0.4 is 15.4 Å². The second-order valence-electron chi connectivity index (χ2n) is 7.07. The van der Waals surface area contributed by atoms with Crippen LogP contribution in [0.1, 0.15) is 36.1 Å². The minimum atomic E-state index is -0.303. The van der Waals surface area contributed by atoms with Crippen LogP contribution in [0.3, 0.4) is 0 Å². The first-order valence-electron chi connectivity index (χ1n) is 9.35. The second-order valence-corrected chi connectivity index (χ2v) is 8.02. The molecule has 0 atom stereocenters. The van der Waals surface area contributed by atoms with Gasteiger partial charge in [0.15, 0.2) is 6.61 Å². The van der Waals surface area contributed by atoms with Crippen LogP contribution in [0.5, 0.6) is 5.75 Å². The van der Waals surface area contributed by atoms with Crippen LogP contribution >= 0.6 is 11.3 Å². The predicted molar refractivity (Wildman–Crippen MR) is 107 cm³/mol. The molecule has 1 aromatic carbocycles. The maximum atomic E-state index is 12.2. The van der Waals surface area contributed by atoms with Gasteiger partial charge in [-0.3, -0.25) is 9.59 Å². The number of hydrogen-bond acceptors (Lipinski definition) is 4. The van der Waals surface area contributed by atoms with Gasteiger partial charge < -0.3 is 15.4 Å². The van der Waals surface area contributed by atoms with Gasteiger partial charge in [-0.1, -0.05) is 37.1 Å². The number of carbonyl (C=O) groups is 2. The quantitative estimate of drug-likeness (QED) is 0.732. The number of aryl methyl sites for hydroxylation is 1. The van der Waals surface area contributed by atoms with Crippen molar-refractivity contribution in [2.75, 3.05) is 19.7 Å². The highest BCUT2D eigenvalue weighted by atomic mass is 32.1. The third kappa shape index (κ3) is 5.10. The van der Waals surface area contributed by atoms with Crippen LogP contribution in [0, 0.1) is 6.92 Å². The van der Waals surface area contributed by atoms with Crippen molar-refractivity contribution in [2.45, 2.75) is 38.0 Å². The van der Waals surface area contributed by atoms with E-state index in [4.69, 9.17) is 4.74 Å². The Hall–Kier alpha value is -2.34. The normalized spacial score (nSPS) is 15.3. The molecular weight excluding hydrogens is 360 g/mol. The molecule has 6 heteroatoms. The lowest BCUT2D eigenvalue weighted by molar-refractivity contribution is -0.127. The fourth-order valence-electron chi connectivity index (χ4n) is 3.56. The Morgan fingerprint density at radius 2 is 1.85 bits per heavy atom. The second kappa shape index (κ2) is 9.04. The van der Waals surface area contributed by atoms with E-state index in [1.807, 2.05) is 31.2 Å². The van der Waals surface area contributed by atoms with Gasteiger partial charge in [0.05, 0.1) is 6.54 Å². The number of para-hydroxylation sites is 1. The van der Waals surface area contributed by atoms with E-state index in [-0.39, 0.29) is 30.4 Å². The summed E-state index contributed by atoms with van der Waals surface area (Å²) < 4.78 is 5.49. The van der Waals surface area contributed by atoms with Gasteiger partial charge in [-0.25, -0.2) is 0 Å². The summed E-state index contributed by atoms with van der Waals surface area (Å²) in [5.41, 5.74) is 1.03. The van der Waals surface area contributed by atoms with Gasteiger partial charge in [0, 0.05) is 16.8 Å². The molecule has 3 rings (SSSR count). The van der Waals surface area contributed by atoms with Gasteiger partial charge in [0.25, 0.3) is 5.91 Å². The van der Waals surface area contributed by atoms with E-state index in [0.29, 0.717) is 12.3 Å². The molecule has 144 valence electrons. The van der Waals surface area contributed by atoms with Crippen molar-refractivity contribution in [1.82, 2.24) is 10.6 Å². The first-order valence-corrected chi connectivity index (χ1v) is 10.2. The molecule has 2 amide bonds. The van der Waals surface area contributed by atoms with E-state index in [9.17, 15) is 9.59 Å². The van der Waals surface area contributed by atoms with Crippen LogP contribution in [0.25, 0.3) is 0 Å². The summed E-state index contributed by atoms with van der Waals surface area (Å²) in [6.07, 6.45) is 4.59. The van der Waals surface area contributed by atoms with E-state index in [0.717, 1.165) is 18.4 Å². The van der Waals surface area contributed by atoms with E-state index >= 15 is 0 Å². The molecule has 1 aliphatic carbocycles. The van der Waals surface area contributed by atoms with Gasteiger partial charge in [-0.2, -0.15) is 0 Å². The molecule has 0 unspecified atom stereocenters. The Bertz CT molecular complexity index is 767. The number of amides is 2. The molecule has 0 bridgehead atoms. The largest absolute Gasteiger partial charge is 0.484 e. The summed E-state index contributed by atoms with van der Waals surface area (Å²) in [6.45, 7) is 2.42. The predicted octanol–water partition coefficient (Wildman–Crippen LogP) is 3.18. The van der Waals surface area contributed by atoms with Crippen LogP contribution in [-0.4, -0.2) is 31.5 Å². The summed E-state index contributed by atoms with van der Waals surface area (Å²) in [5, 5.41) is 7.71. The topological polar surface area (TPSA) is 67.4 Å². The van der Waals surface area contributed by atoms with Crippen LogP contribution in [0.2, 0.25) is 0 Å². The Morgan fingerprint density at radius 1 is 1.07 bits per heavy atom. The highest BCUT2D eigenvalue weighted by Gasteiger charge is 2.36. The van der Waals surface area contributed by atoms with Crippen molar-refractivity contribution in [2.24, 2.45) is 0 Å². The molecule has 1 aromatic heterocycles. The summed E-state index contributed by atoms with van der Waals surface area (Å²) >= 11 is 1.76. The van der Waals surface area contributed by atoms with Crippen molar-refractivity contribution in [3.05, 3.63) is 52.2 Å². The standard InChI is InChI=1S/C21H26N2O3S/c1-16-7-2-3-8-17(16)26-14-20(25)22-13-19(24)23-15-21(10-4-5-11-21)18-9-6-12-27-18/h2-3,6-9,12H,4-5,10-11,13-15H2,1H3,(H,22,25)(H,23,24). The van der Waals surface area contributed by atoms with Gasteiger partial charge in [0.2, 0.25) is 5.91 Å². The van der Waals surface area contributed by atoms with Crippen molar-refractivity contribution in [3.8, 4) is 5.75 Å². The number of hydrogen-bond donors (Lipinski definition) is 2. The smallest absolute Gasteiger partial charge is 0.258 e. The first-order chi connectivity index (χ1) is 13.1. The third-order valence-electron chi connectivity index (χ3n) is 5.13. The minimum Gasteiger partial charge on any atom is -0.484 e. The molecule has 0 aliphatic heterocycles. The Kier molecular flexibility index (Phi) is 6.50. The van der Waals surface area contributed by atoms with E-state index in [2.05, 4.69) is 28.1 Å². The fraction of sp³-hybridized carbons (Fsp3) is 0.429.